The molecule has 242 valence electrons. The van der Waals surface area contributed by atoms with E-state index >= 15 is 0 Å². The van der Waals surface area contributed by atoms with E-state index in [0.717, 1.165) is 112 Å². The quantitative estimate of drug-likeness (QED) is 0.172. The van der Waals surface area contributed by atoms with Gasteiger partial charge in [0, 0.05) is 5.46 Å². The van der Waals surface area contributed by atoms with Gasteiger partial charge >= 0.3 is 0 Å². The van der Waals surface area contributed by atoms with Crippen LogP contribution in [0.5, 0.6) is 46.0 Å². The van der Waals surface area contributed by atoms with E-state index in [1.807, 2.05) is 48.5 Å². The molecule has 0 N–H and O–H groups in total. The van der Waals surface area contributed by atoms with E-state index in [-0.39, 0.29) is 6.71 Å². The van der Waals surface area contributed by atoms with Crippen LogP contribution in [0.25, 0.3) is 33.0 Å². The number of anilines is 3. The summed E-state index contributed by atoms with van der Waals surface area (Å²) in [6, 6.07) is 54.6. The van der Waals surface area contributed by atoms with Gasteiger partial charge in [0.05, 0.1) is 11.4 Å². The third-order valence-electron chi connectivity index (χ3n) is 10.7. The first-order chi connectivity index (χ1) is 25.8. The zero-order valence-electron chi connectivity index (χ0n) is 27.7. The van der Waals surface area contributed by atoms with Gasteiger partial charge in [0.2, 0.25) is 0 Å². The summed E-state index contributed by atoms with van der Waals surface area (Å²) in [6.45, 7) is 0.0272. The lowest BCUT2D eigenvalue weighted by Crippen LogP contribution is -2.57. The molecule has 0 saturated heterocycles. The Morgan fingerprint density at radius 1 is 0.385 bits per heavy atom. The van der Waals surface area contributed by atoms with Gasteiger partial charge in [-0.2, -0.15) is 0 Å². The van der Waals surface area contributed by atoms with Gasteiger partial charge in [-0.1, -0.05) is 97.1 Å². The normalized spacial score (nSPS) is 13.5. The highest BCUT2D eigenvalue weighted by atomic mass is 16.5. The van der Waals surface area contributed by atoms with Crippen molar-refractivity contribution in [2.45, 2.75) is 0 Å². The molecule has 0 spiro atoms. The van der Waals surface area contributed by atoms with E-state index in [9.17, 15) is 0 Å². The molecule has 4 aliphatic rings. The minimum Gasteiger partial charge on any atom is -0.458 e. The molecule has 6 heteroatoms. The Morgan fingerprint density at radius 3 is 1.37 bits per heavy atom. The van der Waals surface area contributed by atoms with Gasteiger partial charge in [0.1, 0.15) is 28.7 Å². The van der Waals surface area contributed by atoms with Gasteiger partial charge in [-0.05, 0) is 105 Å². The first-order valence-electron chi connectivity index (χ1n) is 17.5. The highest BCUT2D eigenvalue weighted by Gasteiger charge is 2.40. The Morgan fingerprint density at radius 2 is 0.827 bits per heavy atom. The van der Waals surface area contributed by atoms with Crippen LogP contribution in [-0.4, -0.2) is 6.71 Å². The van der Waals surface area contributed by atoms with Crippen molar-refractivity contribution in [1.82, 2.24) is 0 Å². The minimum absolute atomic E-state index is 0.0272. The van der Waals surface area contributed by atoms with Crippen molar-refractivity contribution in [1.29, 1.82) is 0 Å². The van der Waals surface area contributed by atoms with Crippen molar-refractivity contribution in [3.63, 3.8) is 0 Å². The number of para-hydroxylation sites is 6. The van der Waals surface area contributed by atoms with Crippen molar-refractivity contribution in [3.05, 3.63) is 158 Å². The molecule has 0 unspecified atom stereocenters. The molecular formula is C46H26BNO4. The Hall–Kier alpha value is -6.92. The monoisotopic (exact) mass is 667 g/mol. The van der Waals surface area contributed by atoms with Gasteiger partial charge in [-0.3, -0.25) is 4.90 Å². The second-order valence-electron chi connectivity index (χ2n) is 13.6. The average molecular weight is 668 g/mol. The highest BCUT2D eigenvalue weighted by Crippen LogP contribution is 2.60. The Labute approximate surface area is 299 Å². The molecule has 5 nitrogen and oxygen atoms in total. The molecule has 8 aromatic rings. The second-order valence-corrected chi connectivity index (χ2v) is 13.6. The fourth-order valence-electron chi connectivity index (χ4n) is 8.55. The number of hydrogen-bond acceptors (Lipinski definition) is 5. The lowest BCUT2D eigenvalue weighted by molar-refractivity contribution is 0.446. The predicted molar refractivity (Wildman–Crippen MR) is 207 cm³/mol. The first-order valence-corrected chi connectivity index (χ1v) is 17.5. The number of ether oxygens (including phenoxy) is 4. The zero-order valence-corrected chi connectivity index (χ0v) is 27.7. The molecule has 0 aliphatic carbocycles. The molecule has 0 atom stereocenters. The van der Waals surface area contributed by atoms with Gasteiger partial charge < -0.3 is 18.9 Å². The van der Waals surface area contributed by atoms with Gasteiger partial charge in [0.15, 0.2) is 23.0 Å². The average Bonchev–Trinajstić information content (AvgIpc) is 3.19. The molecular weight excluding hydrogens is 641 g/mol. The van der Waals surface area contributed by atoms with Crippen LogP contribution in [0.3, 0.4) is 0 Å². The van der Waals surface area contributed by atoms with Crippen LogP contribution in [0.2, 0.25) is 0 Å². The third kappa shape index (κ3) is 3.83. The van der Waals surface area contributed by atoms with E-state index in [1.165, 1.54) is 0 Å². The number of fused-ring (bicyclic) bond motifs is 9. The zero-order chi connectivity index (χ0) is 33.9. The van der Waals surface area contributed by atoms with Crippen LogP contribution in [0.4, 0.5) is 17.1 Å². The Bertz CT molecular complexity index is 2520. The molecule has 4 aliphatic heterocycles. The standard InChI is InChI=1S/C46H26BNO4/c1-5-19-36-32(15-1)47-33-16-2-6-20-37(33)50-41-24-28(23-40(49-36)45(41)47)30-13-9-11-27-12-10-14-31(44(27)30)29-25-42-46-43(26-29)52-39-22-8-4-18-35(39)48(46)34-17-3-7-21-38(34)51-42/h1-26H. The summed E-state index contributed by atoms with van der Waals surface area (Å²) < 4.78 is 26.6. The maximum atomic E-state index is 6.68. The summed E-state index contributed by atoms with van der Waals surface area (Å²) in [6.07, 6.45) is 0. The van der Waals surface area contributed by atoms with Crippen LogP contribution >= 0.6 is 0 Å². The molecule has 0 saturated carbocycles. The summed E-state index contributed by atoms with van der Waals surface area (Å²) in [4.78, 5) is 2.25. The fraction of sp³-hybridized carbons (Fsp3) is 0. The van der Waals surface area contributed by atoms with E-state index in [4.69, 9.17) is 18.9 Å². The van der Waals surface area contributed by atoms with E-state index in [2.05, 4.69) is 114 Å². The van der Waals surface area contributed by atoms with Crippen LogP contribution < -0.4 is 40.2 Å². The Balaban J connectivity index is 1.06. The predicted octanol–water partition coefficient (Wildman–Crippen LogP) is 10.6. The molecule has 8 aromatic carbocycles. The topological polar surface area (TPSA) is 40.2 Å². The minimum atomic E-state index is 0.0272. The molecule has 52 heavy (non-hydrogen) atoms. The van der Waals surface area contributed by atoms with Crippen LogP contribution in [0.1, 0.15) is 0 Å². The Kier molecular flexibility index (Phi) is 5.52. The maximum Gasteiger partial charge on any atom is 0.260 e. The second kappa shape index (κ2) is 10.3. The van der Waals surface area contributed by atoms with Crippen molar-refractivity contribution in [3.8, 4) is 68.2 Å². The number of hydrogen-bond donors (Lipinski definition) is 0. The molecule has 0 bridgehead atoms. The summed E-state index contributed by atoms with van der Waals surface area (Å²) in [5, 5.41) is 2.25. The lowest BCUT2D eigenvalue weighted by Gasteiger charge is -2.38. The third-order valence-corrected chi connectivity index (χ3v) is 10.7. The fourth-order valence-corrected chi connectivity index (χ4v) is 8.55. The van der Waals surface area contributed by atoms with Gasteiger partial charge in [0.25, 0.3) is 6.71 Å². The number of nitrogens with zero attached hydrogens (tertiary/aromatic N) is 1. The van der Waals surface area contributed by atoms with Crippen molar-refractivity contribution < 1.29 is 18.9 Å². The SMILES string of the molecule is c1ccc2c(c1)Oc1cc(-c3cccc4cccc(-c5cc6c7c(c5)Oc5ccccc5N7c5ccccc5O6)c34)cc3c1B2c1ccccc1O3. The highest BCUT2D eigenvalue weighted by molar-refractivity contribution is 6.98. The van der Waals surface area contributed by atoms with Gasteiger partial charge in [-0.15, -0.1) is 0 Å². The van der Waals surface area contributed by atoms with E-state index in [0.29, 0.717) is 0 Å². The first kappa shape index (κ1) is 27.9. The summed E-state index contributed by atoms with van der Waals surface area (Å²) in [7, 11) is 0. The molecule has 12 rings (SSSR count). The van der Waals surface area contributed by atoms with Crippen molar-refractivity contribution in [2.24, 2.45) is 0 Å². The van der Waals surface area contributed by atoms with Crippen LogP contribution in [0, 0.1) is 0 Å². The molecule has 0 fully saturated rings. The maximum absolute atomic E-state index is 6.68. The van der Waals surface area contributed by atoms with Crippen molar-refractivity contribution in [2.75, 3.05) is 4.90 Å². The number of benzene rings is 8. The molecule has 0 amide bonds. The largest absolute Gasteiger partial charge is 0.458 e. The molecule has 0 aromatic heterocycles. The van der Waals surface area contributed by atoms with Crippen LogP contribution in [-0.2, 0) is 0 Å². The van der Waals surface area contributed by atoms with E-state index in [1.54, 1.807) is 0 Å². The van der Waals surface area contributed by atoms with Crippen LogP contribution in [0.15, 0.2) is 158 Å². The molecule has 4 heterocycles. The smallest absolute Gasteiger partial charge is 0.260 e. The van der Waals surface area contributed by atoms with Crippen molar-refractivity contribution >= 4 is 50.9 Å². The number of rotatable bonds is 2. The van der Waals surface area contributed by atoms with Gasteiger partial charge in [-0.25, -0.2) is 0 Å². The summed E-state index contributed by atoms with van der Waals surface area (Å²) in [5.41, 5.74) is 10.4. The lowest BCUT2D eigenvalue weighted by atomic mass is 9.35. The summed E-state index contributed by atoms with van der Waals surface area (Å²) in [5.74, 6) is 6.49. The van der Waals surface area contributed by atoms with E-state index < -0.39 is 0 Å². The molecule has 0 radical (unpaired) electrons. The summed E-state index contributed by atoms with van der Waals surface area (Å²) >= 11 is 0.